The fourth-order valence-electron chi connectivity index (χ4n) is 1.94. The number of nitrogens with one attached hydrogen (secondary N) is 1. The Hall–Kier alpha value is -1.40. The summed E-state index contributed by atoms with van der Waals surface area (Å²) in [6, 6.07) is 9.14. The predicted molar refractivity (Wildman–Crippen MR) is 76.1 cm³/mol. The molecule has 0 saturated carbocycles. The van der Waals surface area contributed by atoms with Crippen LogP contribution < -0.4 is 5.32 Å². The molecular formula is C16H23FN2. The molecule has 0 bridgehead atoms. The van der Waals surface area contributed by atoms with Crippen molar-refractivity contribution in [2.75, 3.05) is 6.54 Å². The van der Waals surface area contributed by atoms with Gasteiger partial charge in [-0.05, 0) is 57.9 Å². The molecule has 0 radical (unpaired) electrons. The first-order valence-corrected chi connectivity index (χ1v) is 6.85. The van der Waals surface area contributed by atoms with E-state index in [2.05, 4.69) is 18.3 Å². The van der Waals surface area contributed by atoms with Gasteiger partial charge in [0, 0.05) is 6.04 Å². The van der Waals surface area contributed by atoms with Crippen molar-refractivity contribution >= 4 is 0 Å². The van der Waals surface area contributed by atoms with Gasteiger partial charge in [-0.1, -0.05) is 18.6 Å². The first-order valence-electron chi connectivity index (χ1n) is 6.85. The van der Waals surface area contributed by atoms with E-state index in [9.17, 15) is 4.39 Å². The number of benzene rings is 1. The maximum atomic E-state index is 12.8. The molecule has 104 valence electrons. The van der Waals surface area contributed by atoms with Crippen LogP contribution in [0.1, 0.15) is 51.6 Å². The van der Waals surface area contributed by atoms with Crippen LogP contribution in [0.2, 0.25) is 0 Å². The van der Waals surface area contributed by atoms with E-state index < -0.39 is 0 Å². The number of hydrogen-bond acceptors (Lipinski definition) is 2. The smallest absolute Gasteiger partial charge is 0.123 e. The molecule has 0 aliphatic rings. The van der Waals surface area contributed by atoms with E-state index in [4.69, 9.17) is 5.26 Å². The zero-order valence-corrected chi connectivity index (χ0v) is 12.0. The number of rotatable bonds is 7. The molecule has 1 rings (SSSR count). The van der Waals surface area contributed by atoms with Crippen molar-refractivity contribution in [2.24, 2.45) is 5.41 Å². The Morgan fingerprint density at radius 1 is 1.26 bits per heavy atom. The average Bonchev–Trinajstić information content (AvgIpc) is 2.39. The summed E-state index contributed by atoms with van der Waals surface area (Å²) < 4.78 is 12.8. The zero-order valence-electron chi connectivity index (χ0n) is 12.0. The minimum atomic E-state index is -0.220. The van der Waals surface area contributed by atoms with E-state index in [-0.39, 0.29) is 17.3 Å². The maximum Gasteiger partial charge on any atom is 0.123 e. The molecule has 3 heteroatoms. The van der Waals surface area contributed by atoms with Gasteiger partial charge in [0.05, 0.1) is 11.5 Å². The van der Waals surface area contributed by atoms with E-state index in [1.807, 2.05) is 26.0 Å². The molecule has 0 fully saturated rings. The van der Waals surface area contributed by atoms with Gasteiger partial charge in [-0.2, -0.15) is 5.26 Å². The van der Waals surface area contributed by atoms with Gasteiger partial charge in [-0.25, -0.2) is 4.39 Å². The van der Waals surface area contributed by atoms with Crippen molar-refractivity contribution in [1.29, 1.82) is 5.26 Å². The van der Waals surface area contributed by atoms with Crippen LogP contribution in [0.5, 0.6) is 0 Å². The molecule has 0 saturated heterocycles. The second kappa shape index (κ2) is 7.25. The van der Waals surface area contributed by atoms with Gasteiger partial charge in [-0.3, -0.25) is 0 Å². The van der Waals surface area contributed by atoms with Crippen LogP contribution in [0.4, 0.5) is 4.39 Å². The number of nitrogens with zero attached hydrogens (tertiary/aromatic N) is 1. The number of hydrogen-bond donors (Lipinski definition) is 1. The van der Waals surface area contributed by atoms with Gasteiger partial charge in [0.25, 0.3) is 0 Å². The summed E-state index contributed by atoms with van der Waals surface area (Å²) in [5, 5.41) is 12.3. The van der Waals surface area contributed by atoms with Crippen LogP contribution in [0.25, 0.3) is 0 Å². The van der Waals surface area contributed by atoms with Gasteiger partial charge >= 0.3 is 0 Å². The average molecular weight is 262 g/mol. The standard InChI is InChI=1S/C16H23FN2/c1-13(14-6-8-15(17)9-7-14)19-11-5-4-10-16(2,3)12-18/h6-9,13,19H,4-5,10-11H2,1-3H3/t13-/m1/s1. The molecule has 0 amide bonds. The third-order valence-electron chi connectivity index (χ3n) is 3.35. The number of nitriles is 1. The molecule has 0 aliphatic carbocycles. The van der Waals surface area contributed by atoms with Gasteiger partial charge in [-0.15, -0.1) is 0 Å². The Balaban J connectivity index is 2.23. The quantitative estimate of drug-likeness (QED) is 0.748. The third-order valence-corrected chi connectivity index (χ3v) is 3.35. The van der Waals surface area contributed by atoms with Crippen LogP contribution in [-0.4, -0.2) is 6.54 Å². The highest BCUT2D eigenvalue weighted by Crippen LogP contribution is 2.21. The maximum absolute atomic E-state index is 12.8. The Labute approximate surface area is 115 Å². The van der Waals surface area contributed by atoms with E-state index in [1.54, 1.807) is 0 Å². The molecule has 19 heavy (non-hydrogen) atoms. The second-order valence-corrected chi connectivity index (χ2v) is 5.68. The molecule has 1 atom stereocenters. The topological polar surface area (TPSA) is 35.8 Å². The highest BCUT2D eigenvalue weighted by atomic mass is 19.1. The zero-order chi connectivity index (χ0) is 14.3. The van der Waals surface area contributed by atoms with Crippen LogP contribution in [0, 0.1) is 22.6 Å². The highest BCUT2D eigenvalue weighted by molar-refractivity contribution is 5.19. The van der Waals surface area contributed by atoms with Crippen molar-refractivity contribution < 1.29 is 4.39 Å². The summed E-state index contributed by atoms with van der Waals surface area (Å²) >= 11 is 0. The molecule has 2 nitrogen and oxygen atoms in total. The van der Waals surface area contributed by atoms with Crippen molar-refractivity contribution in [1.82, 2.24) is 5.32 Å². The first-order chi connectivity index (χ1) is 8.94. The normalized spacial score (nSPS) is 13.0. The minimum Gasteiger partial charge on any atom is -0.310 e. The molecular weight excluding hydrogens is 239 g/mol. The number of unbranched alkanes of at least 4 members (excludes halogenated alkanes) is 1. The van der Waals surface area contributed by atoms with Gasteiger partial charge < -0.3 is 5.32 Å². The summed E-state index contributed by atoms with van der Waals surface area (Å²) in [6.45, 7) is 6.94. The van der Waals surface area contributed by atoms with Gasteiger partial charge in [0.1, 0.15) is 5.82 Å². The summed E-state index contributed by atoms with van der Waals surface area (Å²) in [4.78, 5) is 0. The lowest BCUT2D eigenvalue weighted by Crippen LogP contribution is -2.20. The molecule has 0 aliphatic heterocycles. The van der Waals surface area contributed by atoms with Crippen molar-refractivity contribution in [3.8, 4) is 6.07 Å². The van der Waals surface area contributed by atoms with Crippen molar-refractivity contribution in [3.63, 3.8) is 0 Å². The minimum absolute atomic E-state index is 0.199. The molecule has 0 spiro atoms. The molecule has 1 aromatic carbocycles. The first kappa shape index (κ1) is 15.7. The van der Waals surface area contributed by atoms with E-state index in [0.717, 1.165) is 31.4 Å². The monoisotopic (exact) mass is 262 g/mol. The summed E-state index contributed by atoms with van der Waals surface area (Å²) in [5.74, 6) is -0.199. The summed E-state index contributed by atoms with van der Waals surface area (Å²) in [6.07, 6.45) is 3.02. The molecule has 1 aromatic rings. The van der Waals surface area contributed by atoms with Crippen LogP contribution >= 0.6 is 0 Å². The molecule has 0 heterocycles. The largest absolute Gasteiger partial charge is 0.310 e. The van der Waals surface area contributed by atoms with Crippen molar-refractivity contribution in [2.45, 2.75) is 46.1 Å². The highest BCUT2D eigenvalue weighted by Gasteiger charge is 2.15. The Morgan fingerprint density at radius 3 is 2.47 bits per heavy atom. The lowest BCUT2D eigenvalue weighted by molar-refractivity contribution is 0.418. The number of halogens is 1. The fraction of sp³-hybridized carbons (Fsp3) is 0.562. The second-order valence-electron chi connectivity index (χ2n) is 5.68. The SMILES string of the molecule is C[C@@H](NCCCCC(C)(C)C#N)c1ccc(F)cc1. The fourth-order valence-corrected chi connectivity index (χ4v) is 1.94. The van der Waals surface area contributed by atoms with Gasteiger partial charge in [0.2, 0.25) is 0 Å². The molecule has 1 N–H and O–H groups in total. The lowest BCUT2D eigenvalue weighted by Gasteiger charge is -2.16. The lowest BCUT2D eigenvalue weighted by atomic mass is 9.89. The van der Waals surface area contributed by atoms with Crippen LogP contribution in [0.15, 0.2) is 24.3 Å². The summed E-state index contributed by atoms with van der Waals surface area (Å²) in [5.41, 5.74) is 0.876. The van der Waals surface area contributed by atoms with Crippen LogP contribution in [-0.2, 0) is 0 Å². The van der Waals surface area contributed by atoms with Crippen molar-refractivity contribution in [3.05, 3.63) is 35.6 Å². The molecule has 0 aromatic heterocycles. The Morgan fingerprint density at radius 2 is 1.89 bits per heavy atom. The summed E-state index contributed by atoms with van der Waals surface area (Å²) in [7, 11) is 0. The van der Waals surface area contributed by atoms with Gasteiger partial charge in [0.15, 0.2) is 0 Å². The van der Waals surface area contributed by atoms with Crippen LogP contribution in [0.3, 0.4) is 0 Å². The Kier molecular flexibility index (Phi) is 5.98. The van der Waals surface area contributed by atoms with E-state index in [1.165, 1.54) is 12.1 Å². The van der Waals surface area contributed by atoms with E-state index >= 15 is 0 Å². The predicted octanol–water partition coefficient (Wildman–Crippen LogP) is 4.20. The Bertz CT molecular complexity index is 417. The van der Waals surface area contributed by atoms with E-state index in [0.29, 0.717) is 0 Å². The molecule has 0 unspecified atom stereocenters. The third kappa shape index (κ3) is 5.85.